The maximum atomic E-state index is 14.8. The fourth-order valence-corrected chi connectivity index (χ4v) is 3.27. The molecular weight excluding hydrogens is 403 g/mol. The number of rotatable bonds is 7. The molecule has 31 heavy (non-hydrogen) atoms. The standard InChI is InChI=1S/C21H21FN6O3/c1-14(29)23-10-18-11-28(21(30)31-18)17-6-7-19(20(22)8-17)16-4-2-15(3-5-16)9-26-27-12-24-25-13-27/h2-8,12-13,18,26H,9-11H2,1H3,(H,23,29). The molecule has 4 rings (SSSR count). The van der Waals surface area contributed by atoms with Crippen LogP contribution in [0.25, 0.3) is 11.1 Å². The van der Waals surface area contributed by atoms with E-state index in [4.69, 9.17) is 4.74 Å². The van der Waals surface area contributed by atoms with Crippen molar-refractivity contribution >= 4 is 17.7 Å². The first-order valence-electron chi connectivity index (χ1n) is 9.69. The molecule has 1 atom stereocenters. The van der Waals surface area contributed by atoms with E-state index in [0.717, 1.165) is 11.1 Å². The average Bonchev–Trinajstić information content (AvgIpc) is 3.41. The molecule has 9 nitrogen and oxygen atoms in total. The molecule has 160 valence electrons. The minimum absolute atomic E-state index is 0.203. The van der Waals surface area contributed by atoms with Crippen molar-refractivity contribution in [3.8, 4) is 11.1 Å². The Hall–Kier alpha value is -3.95. The van der Waals surface area contributed by atoms with Gasteiger partial charge in [0.15, 0.2) is 0 Å². The first-order valence-corrected chi connectivity index (χ1v) is 9.69. The Kier molecular flexibility index (Phi) is 5.78. The zero-order valence-corrected chi connectivity index (χ0v) is 16.8. The third-order valence-corrected chi connectivity index (χ3v) is 4.87. The summed E-state index contributed by atoms with van der Waals surface area (Å²) in [5.74, 6) is -0.642. The minimum Gasteiger partial charge on any atom is -0.442 e. The highest BCUT2D eigenvalue weighted by atomic mass is 19.1. The Balaban J connectivity index is 1.42. The van der Waals surface area contributed by atoms with E-state index in [-0.39, 0.29) is 19.0 Å². The van der Waals surface area contributed by atoms with Gasteiger partial charge < -0.3 is 15.5 Å². The van der Waals surface area contributed by atoms with Crippen LogP contribution in [-0.2, 0) is 16.1 Å². The summed E-state index contributed by atoms with van der Waals surface area (Å²) in [5.41, 5.74) is 5.70. The van der Waals surface area contributed by atoms with Gasteiger partial charge >= 0.3 is 6.09 Å². The van der Waals surface area contributed by atoms with Crippen LogP contribution in [0.2, 0.25) is 0 Å². The SMILES string of the molecule is CC(=O)NCC1CN(c2ccc(-c3ccc(CNn4cnnc4)cc3)c(F)c2)C(=O)O1. The van der Waals surface area contributed by atoms with Crippen LogP contribution in [0.1, 0.15) is 12.5 Å². The van der Waals surface area contributed by atoms with E-state index < -0.39 is 18.0 Å². The second-order valence-electron chi connectivity index (χ2n) is 7.12. The zero-order valence-electron chi connectivity index (χ0n) is 16.8. The van der Waals surface area contributed by atoms with Crippen molar-refractivity contribution < 1.29 is 18.7 Å². The summed E-state index contributed by atoms with van der Waals surface area (Å²) in [6.45, 7) is 2.42. The van der Waals surface area contributed by atoms with E-state index in [0.29, 0.717) is 17.8 Å². The highest BCUT2D eigenvalue weighted by Gasteiger charge is 2.32. The van der Waals surface area contributed by atoms with Gasteiger partial charge in [0.25, 0.3) is 0 Å². The van der Waals surface area contributed by atoms with Crippen molar-refractivity contribution in [2.45, 2.75) is 19.6 Å². The van der Waals surface area contributed by atoms with Crippen molar-refractivity contribution in [3.63, 3.8) is 0 Å². The predicted molar refractivity (Wildman–Crippen MR) is 111 cm³/mol. The van der Waals surface area contributed by atoms with E-state index in [1.54, 1.807) is 29.5 Å². The lowest BCUT2D eigenvalue weighted by Gasteiger charge is -2.15. The fourth-order valence-electron chi connectivity index (χ4n) is 3.27. The molecule has 0 radical (unpaired) electrons. The summed E-state index contributed by atoms with van der Waals surface area (Å²) in [7, 11) is 0. The molecule has 1 aromatic heterocycles. The number of aromatic nitrogens is 3. The van der Waals surface area contributed by atoms with Gasteiger partial charge in [-0.3, -0.25) is 9.69 Å². The van der Waals surface area contributed by atoms with Gasteiger partial charge in [-0.25, -0.2) is 13.9 Å². The van der Waals surface area contributed by atoms with Gasteiger partial charge in [0.2, 0.25) is 5.91 Å². The zero-order chi connectivity index (χ0) is 21.8. The summed E-state index contributed by atoms with van der Waals surface area (Å²) in [4.78, 5) is 24.5. The number of carbonyl (C=O) groups excluding carboxylic acids is 2. The Morgan fingerprint density at radius 3 is 2.61 bits per heavy atom. The molecule has 1 aliphatic rings. The molecule has 0 bridgehead atoms. The number of halogens is 1. The molecular formula is C21H21FN6O3. The van der Waals surface area contributed by atoms with Gasteiger partial charge in [-0.15, -0.1) is 10.2 Å². The van der Waals surface area contributed by atoms with Crippen LogP contribution in [0.15, 0.2) is 55.1 Å². The molecule has 0 saturated carbocycles. The largest absolute Gasteiger partial charge is 0.442 e. The van der Waals surface area contributed by atoms with E-state index in [9.17, 15) is 14.0 Å². The lowest BCUT2D eigenvalue weighted by Crippen LogP contribution is -2.33. The molecule has 2 aromatic carbocycles. The average molecular weight is 424 g/mol. The van der Waals surface area contributed by atoms with Crippen LogP contribution < -0.4 is 15.6 Å². The van der Waals surface area contributed by atoms with Crippen molar-refractivity contribution in [1.82, 2.24) is 20.2 Å². The van der Waals surface area contributed by atoms with Gasteiger partial charge in [0, 0.05) is 12.5 Å². The second kappa shape index (κ2) is 8.82. The third-order valence-electron chi connectivity index (χ3n) is 4.87. The van der Waals surface area contributed by atoms with Gasteiger partial charge in [0.05, 0.1) is 25.3 Å². The van der Waals surface area contributed by atoms with Gasteiger partial charge in [-0.2, -0.15) is 0 Å². The van der Waals surface area contributed by atoms with E-state index in [1.807, 2.05) is 24.3 Å². The van der Waals surface area contributed by atoms with Crippen molar-refractivity contribution in [2.24, 2.45) is 0 Å². The maximum absolute atomic E-state index is 14.8. The molecule has 0 aliphatic carbocycles. The molecule has 0 spiro atoms. The topological polar surface area (TPSA) is 101 Å². The first-order chi connectivity index (χ1) is 15.0. The Morgan fingerprint density at radius 2 is 1.94 bits per heavy atom. The molecule has 1 unspecified atom stereocenters. The number of benzene rings is 2. The lowest BCUT2D eigenvalue weighted by molar-refractivity contribution is -0.119. The van der Waals surface area contributed by atoms with Crippen LogP contribution >= 0.6 is 0 Å². The van der Waals surface area contributed by atoms with Crippen molar-refractivity contribution in [1.29, 1.82) is 0 Å². The number of anilines is 1. The van der Waals surface area contributed by atoms with E-state index in [1.165, 1.54) is 17.9 Å². The number of nitrogens with one attached hydrogen (secondary N) is 2. The number of ether oxygens (including phenoxy) is 1. The Morgan fingerprint density at radius 1 is 1.19 bits per heavy atom. The van der Waals surface area contributed by atoms with Crippen molar-refractivity contribution in [3.05, 3.63) is 66.5 Å². The lowest BCUT2D eigenvalue weighted by atomic mass is 10.0. The van der Waals surface area contributed by atoms with Crippen LogP contribution in [0, 0.1) is 5.82 Å². The maximum Gasteiger partial charge on any atom is 0.414 e. The van der Waals surface area contributed by atoms with E-state index >= 15 is 0 Å². The summed E-state index contributed by atoms with van der Waals surface area (Å²) >= 11 is 0. The number of amides is 2. The highest BCUT2D eigenvalue weighted by Crippen LogP contribution is 2.29. The second-order valence-corrected chi connectivity index (χ2v) is 7.12. The Bertz CT molecular complexity index is 1070. The number of hydrogen-bond acceptors (Lipinski definition) is 6. The van der Waals surface area contributed by atoms with Crippen LogP contribution in [0.5, 0.6) is 0 Å². The molecule has 2 heterocycles. The normalized spacial score (nSPS) is 15.6. The van der Waals surface area contributed by atoms with Gasteiger partial charge in [-0.05, 0) is 29.3 Å². The molecule has 1 aliphatic heterocycles. The number of cyclic esters (lactones) is 1. The molecule has 2 amide bonds. The summed E-state index contributed by atoms with van der Waals surface area (Å²) in [6.07, 6.45) is 2.08. The van der Waals surface area contributed by atoms with Crippen LogP contribution in [0.4, 0.5) is 14.9 Å². The monoisotopic (exact) mass is 424 g/mol. The number of hydrogen-bond donors (Lipinski definition) is 2. The third kappa shape index (κ3) is 4.80. The molecule has 3 aromatic rings. The number of carbonyl (C=O) groups is 2. The van der Waals surface area contributed by atoms with E-state index in [2.05, 4.69) is 20.9 Å². The molecule has 2 N–H and O–H groups in total. The van der Waals surface area contributed by atoms with Crippen LogP contribution in [0.3, 0.4) is 0 Å². The molecule has 1 saturated heterocycles. The highest BCUT2D eigenvalue weighted by molar-refractivity contribution is 5.90. The summed E-state index contributed by atoms with van der Waals surface area (Å²) in [6, 6.07) is 12.1. The minimum atomic E-state index is -0.563. The Labute approximate surface area is 177 Å². The molecule has 10 heteroatoms. The predicted octanol–water partition coefficient (Wildman–Crippen LogP) is 2.29. The van der Waals surface area contributed by atoms with Crippen LogP contribution in [-0.4, -0.2) is 46.1 Å². The fraction of sp³-hybridized carbons (Fsp3) is 0.238. The quantitative estimate of drug-likeness (QED) is 0.604. The van der Waals surface area contributed by atoms with Gasteiger partial charge in [0.1, 0.15) is 24.6 Å². The molecule has 1 fully saturated rings. The number of nitrogens with zero attached hydrogens (tertiary/aromatic N) is 4. The summed E-state index contributed by atoms with van der Waals surface area (Å²) < 4.78 is 21.7. The van der Waals surface area contributed by atoms with Crippen molar-refractivity contribution in [2.75, 3.05) is 23.4 Å². The summed E-state index contributed by atoms with van der Waals surface area (Å²) in [5, 5.41) is 10.1. The van der Waals surface area contributed by atoms with Gasteiger partial charge in [-0.1, -0.05) is 24.3 Å². The first kappa shape index (κ1) is 20.3. The smallest absolute Gasteiger partial charge is 0.414 e.